The van der Waals surface area contributed by atoms with Crippen LogP contribution in [0.2, 0.25) is 0 Å². The fraction of sp³-hybridized carbons (Fsp3) is 0.0714. The first-order valence-corrected chi connectivity index (χ1v) is 10.8. The van der Waals surface area contributed by atoms with Gasteiger partial charge in [0.05, 0.1) is 30.4 Å². The lowest BCUT2D eigenvalue weighted by Gasteiger charge is -2.14. The predicted molar refractivity (Wildman–Crippen MR) is 134 cm³/mol. The molecule has 0 aliphatic heterocycles. The van der Waals surface area contributed by atoms with Gasteiger partial charge in [0.2, 0.25) is 0 Å². The number of hydrogen-bond acceptors (Lipinski definition) is 4. The van der Waals surface area contributed by atoms with Crippen LogP contribution in [0, 0.1) is 10.1 Å². The quantitative estimate of drug-likeness (QED) is 0.209. The Balaban J connectivity index is 1.89. The van der Waals surface area contributed by atoms with E-state index in [9.17, 15) is 10.1 Å². The molecule has 0 aliphatic carbocycles. The van der Waals surface area contributed by atoms with E-state index < -0.39 is 0 Å². The zero-order valence-electron chi connectivity index (χ0n) is 18.8. The summed E-state index contributed by atoms with van der Waals surface area (Å²) in [6, 6.07) is 30.7. The normalized spacial score (nSPS) is 10.9. The Hall–Kier alpha value is -4.58. The van der Waals surface area contributed by atoms with Gasteiger partial charge in [0.25, 0.3) is 5.69 Å². The Morgan fingerprint density at radius 2 is 1.38 bits per heavy atom. The van der Waals surface area contributed by atoms with E-state index in [0.717, 1.165) is 50.5 Å². The highest BCUT2D eigenvalue weighted by Gasteiger charge is 2.22. The van der Waals surface area contributed by atoms with E-state index in [1.54, 1.807) is 38.5 Å². The van der Waals surface area contributed by atoms with Gasteiger partial charge < -0.3 is 14.0 Å². The van der Waals surface area contributed by atoms with Gasteiger partial charge in [0.15, 0.2) is 0 Å². The predicted octanol–water partition coefficient (Wildman–Crippen LogP) is 6.89. The van der Waals surface area contributed by atoms with Crippen LogP contribution in [-0.2, 0) is 0 Å². The molecule has 0 amide bonds. The molecule has 0 bridgehead atoms. The fourth-order valence-corrected chi connectivity index (χ4v) is 4.31. The monoisotopic (exact) mass is 450 g/mol. The van der Waals surface area contributed by atoms with Crippen molar-refractivity contribution in [1.82, 2.24) is 4.57 Å². The first-order valence-electron chi connectivity index (χ1n) is 10.8. The van der Waals surface area contributed by atoms with Gasteiger partial charge in [0.1, 0.15) is 11.5 Å². The number of nitro groups is 1. The van der Waals surface area contributed by atoms with Crippen molar-refractivity contribution in [2.45, 2.75) is 0 Å². The summed E-state index contributed by atoms with van der Waals surface area (Å²) in [5.74, 6) is 1.51. The van der Waals surface area contributed by atoms with Gasteiger partial charge in [-0.05, 0) is 65.7 Å². The Kier molecular flexibility index (Phi) is 5.47. The Bertz CT molecular complexity index is 1470. The average molecular weight is 450 g/mol. The second-order valence-corrected chi connectivity index (χ2v) is 7.81. The number of nitro benzene ring substituents is 1. The Morgan fingerprint density at radius 1 is 0.735 bits per heavy atom. The topological polar surface area (TPSA) is 66.5 Å². The average Bonchev–Trinajstić information content (AvgIpc) is 3.23. The molecule has 6 heteroatoms. The van der Waals surface area contributed by atoms with E-state index in [1.165, 1.54) is 0 Å². The smallest absolute Gasteiger partial charge is 0.269 e. The SMILES string of the molecule is COc1ccc(-n2c(-c3ccccc3)c(-c3ccc([N+](=O)[O-])cc3)c3cc(OC)ccc32)cc1. The van der Waals surface area contributed by atoms with Crippen LogP contribution >= 0.6 is 0 Å². The lowest BCUT2D eigenvalue weighted by molar-refractivity contribution is -0.384. The molecular weight excluding hydrogens is 428 g/mol. The molecule has 0 spiro atoms. The van der Waals surface area contributed by atoms with Crippen molar-refractivity contribution in [3.63, 3.8) is 0 Å². The van der Waals surface area contributed by atoms with Crippen LogP contribution in [0.4, 0.5) is 5.69 Å². The van der Waals surface area contributed by atoms with Crippen molar-refractivity contribution in [2.24, 2.45) is 0 Å². The molecular formula is C28H22N2O4. The van der Waals surface area contributed by atoms with E-state index >= 15 is 0 Å². The van der Waals surface area contributed by atoms with E-state index in [-0.39, 0.29) is 10.6 Å². The number of rotatable bonds is 6. The number of fused-ring (bicyclic) bond motifs is 1. The second kappa shape index (κ2) is 8.75. The van der Waals surface area contributed by atoms with Crippen molar-refractivity contribution in [2.75, 3.05) is 14.2 Å². The summed E-state index contributed by atoms with van der Waals surface area (Å²) < 4.78 is 13.1. The fourth-order valence-electron chi connectivity index (χ4n) is 4.31. The largest absolute Gasteiger partial charge is 0.497 e. The zero-order valence-corrected chi connectivity index (χ0v) is 18.8. The highest BCUT2D eigenvalue weighted by molar-refractivity contribution is 6.06. The molecule has 0 N–H and O–H groups in total. The van der Waals surface area contributed by atoms with Crippen LogP contribution in [0.3, 0.4) is 0 Å². The van der Waals surface area contributed by atoms with Gasteiger partial charge >= 0.3 is 0 Å². The third-order valence-electron chi connectivity index (χ3n) is 5.92. The molecule has 5 rings (SSSR count). The number of hydrogen-bond donors (Lipinski definition) is 0. The summed E-state index contributed by atoms with van der Waals surface area (Å²) >= 11 is 0. The van der Waals surface area contributed by atoms with Crippen molar-refractivity contribution >= 4 is 16.6 Å². The molecule has 0 saturated heterocycles. The lowest BCUT2D eigenvalue weighted by Crippen LogP contribution is -1.98. The van der Waals surface area contributed by atoms with Gasteiger partial charge in [-0.2, -0.15) is 0 Å². The summed E-state index contributed by atoms with van der Waals surface area (Å²) in [6.07, 6.45) is 0. The van der Waals surface area contributed by atoms with Crippen LogP contribution < -0.4 is 9.47 Å². The van der Waals surface area contributed by atoms with Gasteiger partial charge in [-0.3, -0.25) is 10.1 Å². The summed E-state index contributed by atoms with van der Waals surface area (Å²) in [5, 5.41) is 12.2. The van der Waals surface area contributed by atoms with Gasteiger partial charge in [-0.1, -0.05) is 30.3 Å². The third kappa shape index (κ3) is 3.65. The molecule has 5 aromatic rings. The number of aromatic nitrogens is 1. The first-order chi connectivity index (χ1) is 16.6. The lowest BCUT2D eigenvalue weighted by atomic mass is 9.98. The van der Waals surface area contributed by atoms with Crippen LogP contribution in [0.5, 0.6) is 11.5 Å². The maximum absolute atomic E-state index is 11.2. The van der Waals surface area contributed by atoms with E-state index in [4.69, 9.17) is 9.47 Å². The van der Waals surface area contributed by atoms with E-state index in [1.807, 2.05) is 60.7 Å². The van der Waals surface area contributed by atoms with E-state index in [0.29, 0.717) is 0 Å². The zero-order chi connectivity index (χ0) is 23.7. The maximum Gasteiger partial charge on any atom is 0.269 e. The van der Waals surface area contributed by atoms with Crippen molar-refractivity contribution < 1.29 is 14.4 Å². The van der Waals surface area contributed by atoms with Gasteiger partial charge in [0, 0.05) is 28.8 Å². The Morgan fingerprint density at radius 3 is 2.00 bits per heavy atom. The molecule has 0 saturated carbocycles. The number of methoxy groups -OCH3 is 2. The number of non-ortho nitro benzene ring substituents is 1. The minimum Gasteiger partial charge on any atom is -0.497 e. The number of nitrogens with zero attached hydrogens (tertiary/aromatic N) is 2. The molecule has 0 unspecified atom stereocenters. The molecule has 1 aromatic heterocycles. The van der Waals surface area contributed by atoms with Crippen LogP contribution in [0.15, 0.2) is 97.1 Å². The summed E-state index contributed by atoms with van der Waals surface area (Å²) in [4.78, 5) is 10.9. The van der Waals surface area contributed by atoms with Crippen LogP contribution in [-0.4, -0.2) is 23.7 Å². The standard InChI is InChI=1S/C28H22N2O4/c1-33-23-14-12-21(13-15-23)29-26-17-16-24(34-2)18-25(26)27(28(29)20-6-4-3-5-7-20)19-8-10-22(11-9-19)30(31)32/h3-18H,1-2H3. The van der Waals surface area contributed by atoms with E-state index in [2.05, 4.69) is 16.7 Å². The molecule has 0 radical (unpaired) electrons. The Labute approximate surface area is 196 Å². The number of benzene rings is 4. The minimum atomic E-state index is -0.383. The molecule has 34 heavy (non-hydrogen) atoms. The number of ether oxygens (including phenoxy) is 2. The highest BCUT2D eigenvalue weighted by atomic mass is 16.6. The summed E-state index contributed by atoms with van der Waals surface area (Å²) in [6.45, 7) is 0. The van der Waals surface area contributed by atoms with Gasteiger partial charge in [-0.15, -0.1) is 0 Å². The molecule has 6 nitrogen and oxygen atoms in total. The first kappa shape index (κ1) is 21.3. The maximum atomic E-state index is 11.2. The second-order valence-electron chi connectivity index (χ2n) is 7.81. The van der Waals surface area contributed by atoms with Crippen molar-refractivity contribution in [1.29, 1.82) is 0 Å². The van der Waals surface area contributed by atoms with Crippen molar-refractivity contribution in [3.8, 4) is 39.6 Å². The highest BCUT2D eigenvalue weighted by Crippen LogP contribution is 2.44. The molecule has 0 aliphatic rings. The summed E-state index contributed by atoms with van der Waals surface area (Å²) in [5.41, 5.74) is 5.91. The van der Waals surface area contributed by atoms with Crippen LogP contribution in [0.1, 0.15) is 0 Å². The molecule has 1 heterocycles. The van der Waals surface area contributed by atoms with Crippen molar-refractivity contribution in [3.05, 3.63) is 107 Å². The molecule has 4 aromatic carbocycles. The van der Waals surface area contributed by atoms with Gasteiger partial charge in [-0.25, -0.2) is 0 Å². The summed E-state index contributed by atoms with van der Waals surface area (Å²) in [7, 11) is 3.29. The minimum absolute atomic E-state index is 0.0569. The molecule has 168 valence electrons. The third-order valence-corrected chi connectivity index (χ3v) is 5.92. The molecule has 0 atom stereocenters. The van der Waals surface area contributed by atoms with Crippen LogP contribution in [0.25, 0.3) is 39.0 Å². The molecule has 0 fully saturated rings.